The molecule has 0 bridgehead atoms. The second-order valence-corrected chi connectivity index (χ2v) is 3.60. The Hall–Kier alpha value is -2.43. The molecule has 2 aromatic carbocycles. The monoisotopic (exact) mass is 250 g/mol. The second kappa shape index (κ2) is 4.44. The van der Waals surface area contributed by atoms with Crippen molar-refractivity contribution in [2.24, 2.45) is 0 Å². The molecule has 0 unspecified atom stereocenters. The predicted molar refractivity (Wildman–Crippen MR) is 59.6 cm³/mol. The summed E-state index contributed by atoms with van der Waals surface area (Å²) in [4.78, 5) is 11.9. The van der Waals surface area contributed by atoms with Crippen LogP contribution in [-0.2, 0) is 0 Å². The predicted octanol–water partition coefficient (Wildman–Crippen LogP) is 2.61. The van der Waals surface area contributed by atoms with Gasteiger partial charge in [-0.15, -0.1) is 0 Å². The van der Waals surface area contributed by atoms with Gasteiger partial charge in [-0.05, 0) is 24.3 Å². The van der Waals surface area contributed by atoms with Crippen molar-refractivity contribution < 1.29 is 23.8 Å². The average Bonchev–Trinajstić information content (AvgIpc) is 2.35. The van der Waals surface area contributed by atoms with Crippen molar-refractivity contribution in [3.05, 3.63) is 59.2 Å². The molecule has 0 aliphatic heterocycles. The molecule has 0 saturated heterocycles. The van der Waals surface area contributed by atoms with E-state index in [1.165, 1.54) is 24.3 Å². The van der Waals surface area contributed by atoms with E-state index in [0.717, 1.165) is 12.1 Å². The minimum atomic E-state index is -0.961. The summed E-state index contributed by atoms with van der Waals surface area (Å²) in [7, 11) is 0. The zero-order chi connectivity index (χ0) is 13.3. The van der Waals surface area contributed by atoms with Gasteiger partial charge >= 0.3 is 0 Å². The maximum absolute atomic E-state index is 13.1. The number of benzene rings is 2. The van der Waals surface area contributed by atoms with Crippen LogP contribution in [0.15, 0.2) is 36.4 Å². The van der Waals surface area contributed by atoms with E-state index in [0.29, 0.717) is 0 Å². The Labute approximate surface area is 101 Å². The topological polar surface area (TPSA) is 57.5 Å². The first-order valence-corrected chi connectivity index (χ1v) is 5.02. The fraction of sp³-hybridized carbons (Fsp3) is 0. The van der Waals surface area contributed by atoms with Gasteiger partial charge < -0.3 is 10.2 Å². The van der Waals surface area contributed by atoms with E-state index in [1.807, 2.05) is 0 Å². The van der Waals surface area contributed by atoms with Crippen LogP contribution < -0.4 is 0 Å². The SMILES string of the molecule is O=C(c1cccc(F)c1O)c1cccc(F)c1O. The first-order chi connectivity index (χ1) is 8.52. The first kappa shape index (κ1) is 12.0. The molecule has 0 aromatic heterocycles. The molecule has 0 spiro atoms. The van der Waals surface area contributed by atoms with Crippen molar-refractivity contribution >= 4 is 5.78 Å². The summed E-state index contributed by atoms with van der Waals surface area (Å²) in [6.07, 6.45) is 0. The molecular weight excluding hydrogens is 242 g/mol. The first-order valence-electron chi connectivity index (χ1n) is 5.02. The summed E-state index contributed by atoms with van der Waals surface area (Å²) in [5.74, 6) is -4.44. The van der Waals surface area contributed by atoms with Crippen molar-refractivity contribution in [3.63, 3.8) is 0 Å². The van der Waals surface area contributed by atoms with Gasteiger partial charge in [0.05, 0.1) is 11.1 Å². The van der Waals surface area contributed by atoms with Crippen LogP contribution in [0, 0.1) is 11.6 Å². The van der Waals surface area contributed by atoms with E-state index < -0.39 is 28.9 Å². The highest BCUT2D eigenvalue weighted by atomic mass is 19.1. The third-order valence-corrected chi connectivity index (χ3v) is 2.46. The average molecular weight is 250 g/mol. The summed E-state index contributed by atoms with van der Waals surface area (Å²) in [5.41, 5.74) is -0.674. The van der Waals surface area contributed by atoms with Gasteiger partial charge in [0, 0.05) is 0 Å². The van der Waals surface area contributed by atoms with Gasteiger partial charge in [-0.3, -0.25) is 4.79 Å². The summed E-state index contributed by atoms with van der Waals surface area (Å²) in [6, 6.07) is 6.81. The highest BCUT2D eigenvalue weighted by Crippen LogP contribution is 2.28. The molecule has 0 amide bonds. The lowest BCUT2D eigenvalue weighted by molar-refractivity contribution is 0.103. The van der Waals surface area contributed by atoms with Crippen LogP contribution in [0.2, 0.25) is 0 Å². The van der Waals surface area contributed by atoms with Crippen molar-refractivity contribution in [2.75, 3.05) is 0 Å². The Bertz CT molecular complexity index is 570. The van der Waals surface area contributed by atoms with Gasteiger partial charge in [0.1, 0.15) is 0 Å². The number of aromatic hydroxyl groups is 2. The number of halogens is 2. The number of hydrogen-bond acceptors (Lipinski definition) is 3. The molecule has 2 aromatic rings. The maximum atomic E-state index is 13.1. The van der Waals surface area contributed by atoms with E-state index in [-0.39, 0.29) is 11.1 Å². The summed E-state index contributed by atoms with van der Waals surface area (Å²) < 4.78 is 26.2. The number of ketones is 1. The maximum Gasteiger partial charge on any atom is 0.200 e. The molecule has 92 valence electrons. The quantitative estimate of drug-likeness (QED) is 0.805. The Morgan fingerprint density at radius 3 is 1.61 bits per heavy atom. The van der Waals surface area contributed by atoms with Gasteiger partial charge in [-0.25, -0.2) is 8.78 Å². The van der Waals surface area contributed by atoms with Crippen LogP contribution in [0.1, 0.15) is 15.9 Å². The van der Waals surface area contributed by atoms with Crippen molar-refractivity contribution in [2.45, 2.75) is 0 Å². The number of carbonyl (C=O) groups excluding carboxylic acids is 1. The number of hydrogen-bond donors (Lipinski definition) is 2. The molecule has 18 heavy (non-hydrogen) atoms. The fourth-order valence-electron chi connectivity index (χ4n) is 1.54. The molecule has 0 radical (unpaired) electrons. The van der Waals surface area contributed by atoms with Crippen LogP contribution in [0.3, 0.4) is 0 Å². The van der Waals surface area contributed by atoms with Crippen LogP contribution in [0.4, 0.5) is 8.78 Å². The molecule has 3 nitrogen and oxygen atoms in total. The van der Waals surface area contributed by atoms with E-state index in [4.69, 9.17) is 0 Å². The molecule has 0 atom stereocenters. The van der Waals surface area contributed by atoms with Gasteiger partial charge in [0.15, 0.2) is 23.1 Å². The van der Waals surface area contributed by atoms with Crippen LogP contribution in [-0.4, -0.2) is 16.0 Å². The minimum absolute atomic E-state index is 0.337. The molecule has 0 fully saturated rings. The van der Waals surface area contributed by atoms with Crippen molar-refractivity contribution in [1.82, 2.24) is 0 Å². The Morgan fingerprint density at radius 2 is 1.22 bits per heavy atom. The number of phenols is 2. The normalized spacial score (nSPS) is 10.3. The van der Waals surface area contributed by atoms with Gasteiger partial charge in [0.2, 0.25) is 5.78 Å². The molecule has 2 rings (SSSR count). The lowest BCUT2D eigenvalue weighted by Gasteiger charge is -2.06. The molecule has 0 heterocycles. The minimum Gasteiger partial charge on any atom is -0.504 e. The molecule has 5 heteroatoms. The zero-order valence-electron chi connectivity index (χ0n) is 9.02. The van der Waals surface area contributed by atoms with Crippen LogP contribution >= 0.6 is 0 Å². The van der Waals surface area contributed by atoms with Crippen molar-refractivity contribution in [3.8, 4) is 11.5 Å². The van der Waals surface area contributed by atoms with E-state index in [9.17, 15) is 23.8 Å². The van der Waals surface area contributed by atoms with E-state index >= 15 is 0 Å². The highest BCUT2D eigenvalue weighted by Gasteiger charge is 2.20. The van der Waals surface area contributed by atoms with Gasteiger partial charge in [0.25, 0.3) is 0 Å². The third-order valence-electron chi connectivity index (χ3n) is 2.46. The summed E-state index contributed by atoms with van der Waals surface area (Å²) >= 11 is 0. The van der Waals surface area contributed by atoms with E-state index in [2.05, 4.69) is 0 Å². The Balaban J connectivity index is 2.55. The molecule has 0 aliphatic rings. The number of phenolic OH excluding ortho intramolecular Hbond substituents is 2. The van der Waals surface area contributed by atoms with Crippen LogP contribution in [0.25, 0.3) is 0 Å². The van der Waals surface area contributed by atoms with E-state index in [1.54, 1.807) is 0 Å². The lowest BCUT2D eigenvalue weighted by Crippen LogP contribution is -2.03. The standard InChI is InChI=1S/C13H8F2O3/c14-9-5-1-3-7(12(9)17)11(16)8-4-2-6-10(15)13(8)18/h1-6,17-18H. The Kier molecular flexibility index (Phi) is 2.97. The Morgan fingerprint density at radius 1 is 0.833 bits per heavy atom. The summed E-state index contributed by atoms with van der Waals surface area (Å²) in [6.45, 7) is 0. The van der Waals surface area contributed by atoms with Gasteiger partial charge in [-0.1, -0.05) is 12.1 Å². The fourth-order valence-corrected chi connectivity index (χ4v) is 1.54. The van der Waals surface area contributed by atoms with Gasteiger partial charge in [-0.2, -0.15) is 0 Å². The second-order valence-electron chi connectivity index (χ2n) is 3.60. The number of para-hydroxylation sites is 2. The number of carbonyl (C=O) groups is 1. The van der Waals surface area contributed by atoms with Crippen molar-refractivity contribution in [1.29, 1.82) is 0 Å². The molecule has 2 N–H and O–H groups in total. The summed E-state index contributed by atoms with van der Waals surface area (Å²) in [5, 5.41) is 18.8. The molecular formula is C13H8F2O3. The molecule has 0 aliphatic carbocycles. The highest BCUT2D eigenvalue weighted by molar-refractivity contribution is 6.12. The smallest absolute Gasteiger partial charge is 0.200 e. The lowest BCUT2D eigenvalue weighted by atomic mass is 10.0. The third kappa shape index (κ3) is 1.90. The molecule has 0 saturated carbocycles. The largest absolute Gasteiger partial charge is 0.504 e. The number of rotatable bonds is 2. The van der Waals surface area contributed by atoms with Crippen LogP contribution in [0.5, 0.6) is 11.5 Å². The zero-order valence-corrected chi connectivity index (χ0v) is 9.02.